The number of nitrogens with two attached hydrogens (primary N) is 1. The maximum absolute atomic E-state index is 14.0. The number of carbonyl (C=O) groups is 1. The second-order valence-electron chi connectivity index (χ2n) is 6.57. The second kappa shape index (κ2) is 5.16. The van der Waals surface area contributed by atoms with Crippen LogP contribution in [-0.2, 0) is 4.79 Å². The zero-order chi connectivity index (χ0) is 15.8. The average Bonchev–Trinajstić information content (AvgIpc) is 2.80. The number of halogens is 1. The topological polar surface area (TPSA) is 55.1 Å². The monoisotopic (exact) mass is 288 g/mol. The Morgan fingerprint density at radius 2 is 1.95 bits per heavy atom. The van der Waals surface area contributed by atoms with Crippen molar-refractivity contribution < 1.29 is 9.18 Å². The lowest BCUT2D eigenvalue weighted by Crippen LogP contribution is -2.18. The molecule has 3 nitrogen and oxygen atoms in total. The first kappa shape index (κ1) is 15.5. The highest BCUT2D eigenvalue weighted by molar-refractivity contribution is 5.96. The molecule has 21 heavy (non-hydrogen) atoms. The number of anilines is 1. The van der Waals surface area contributed by atoms with Gasteiger partial charge < -0.3 is 11.1 Å². The fraction of sp³-hybridized carbons (Fsp3) is 0.471. The van der Waals surface area contributed by atoms with Crippen LogP contribution in [0.15, 0.2) is 18.2 Å². The third-order valence-electron chi connectivity index (χ3n) is 4.84. The van der Waals surface area contributed by atoms with Gasteiger partial charge in [-0.25, -0.2) is 4.39 Å². The van der Waals surface area contributed by atoms with Crippen molar-refractivity contribution in [3.05, 3.63) is 29.6 Å². The molecule has 0 atom stereocenters. The Morgan fingerprint density at radius 1 is 1.33 bits per heavy atom. The molecule has 3 N–H and O–H groups in total. The van der Waals surface area contributed by atoms with Crippen molar-refractivity contribution in [3.8, 4) is 11.8 Å². The standard InChI is InChI=1S/C17H21FN2O/c1-16(2)14(17(16,3)4)15(21)20-13-8-7-11(6-5-9-19)10-12(13)18/h7-8,10,14H,9,19H2,1-4H3,(H,20,21). The molecule has 0 saturated heterocycles. The van der Waals surface area contributed by atoms with E-state index in [1.165, 1.54) is 12.1 Å². The summed E-state index contributed by atoms with van der Waals surface area (Å²) in [5, 5.41) is 2.68. The number of hydrogen-bond acceptors (Lipinski definition) is 2. The Kier molecular flexibility index (Phi) is 3.81. The molecule has 1 saturated carbocycles. The van der Waals surface area contributed by atoms with E-state index in [-0.39, 0.29) is 34.9 Å². The van der Waals surface area contributed by atoms with Crippen molar-refractivity contribution in [2.75, 3.05) is 11.9 Å². The van der Waals surface area contributed by atoms with E-state index in [9.17, 15) is 9.18 Å². The van der Waals surface area contributed by atoms with Gasteiger partial charge >= 0.3 is 0 Å². The Morgan fingerprint density at radius 3 is 2.43 bits per heavy atom. The van der Waals surface area contributed by atoms with Crippen LogP contribution in [-0.4, -0.2) is 12.5 Å². The average molecular weight is 288 g/mol. The molecule has 1 aromatic rings. The normalized spacial score (nSPS) is 18.6. The molecule has 0 unspecified atom stereocenters. The Labute approximate surface area is 125 Å². The first-order valence-electron chi connectivity index (χ1n) is 7.01. The lowest BCUT2D eigenvalue weighted by Gasteiger charge is -2.08. The van der Waals surface area contributed by atoms with Crippen molar-refractivity contribution >= 4 is 11.6 Å². The summed E-state index contributed by atoms with van der Waals surface area (Å²) in [6, 6.07) is 4.52. The summed E-state index contributed by atoms with van der Waals surface area (Å²) in [6.07, 6.45) is 0. The van der Waals surface area contributed by atoms with Gasteiger partial charge in [0.25, 0.3) is 0 Å². The summed E-state index contributed by atoms with van der Waals surface area (Å²) < 4.78 is 14.0. The molecule has 1 aliphatic rings. The molecule has 1 aromatic carbocycles. The van der Waals surface area contributed by atoms with E-state index in [4.69, 9.17) is 5.73 Å². The molecule has 1 amide bonds. The summed E-state index contributed by atoms with van der Waals surface area (Å²) in [6.45, 7) is 8.45. The molecule has 0 aliphatic heterocycles. The fourth-order valence-corrected chi connectivity index (χ4v) is 2.90. The van der Waals surface area contributed by atoms with Gasteiger partial charge in [-0.15, -0.1) is 0 Å². The van der Waals surface area contributed by atoms with Gasteiger partial charge in [-0.2, -0.15) is 0 Å². The first-order valence-corrected chi connectivity index (χ1v) is 7.01. The summed E-state index contributed by atoms with van der Waals surface area (Å²) >= 11 is 0. The van der Waals surface area contributed by atoms with Crippen LogP contribution in [0.4, 0.5) is 10.1 Å². The van der Waals surface area contributed by atoms with Gasteiger partial charge in [-0.05, 0) is 29.0 Å². The molecule has 0 radical (unpaired) electrons. The van der Waals surface area contributed by atoms with Crippen LogP contribution in [0.5, 0.6) is 0 Å². The Hall–Kier alpha value is -1.86. The fourth-order valence-electron chi connectivity index (χ4n) is 2.90. The van der Waals surface area contributed by atoms with Gasteiger partial charge in [-0.1, -0.05) is 39.5 Å². The smallest absolute Gasteiger partial charge is 0.228 e. The molecule has 112 valence electrons. The highest BCUT2D eigenvalue weighted by atomic mass is 19.1. The van der Waals surface area contributed by atoms with Crippen molar-refractivity contribution in [2.45, 2.75) is 27.7 Å². The molecule has 0 aromatic heterocycles. The first-order chi connectivity index (χ1) is 9.71. The van der Waals surface area contributed by atoms with Gasteiger partial charge in [0.2, 0.25) is 5.91 Å². The number of hydrogen-bond donors (Lipinski definition) is 2. The molecular weight excluding hydrogens is 267 g/mol. The van der Waals surface area contributed by atoms with Gasteiger partial charge in [-0.3, -0.25) is 4.79 Å². The van der Waals surface area contributed by atoms with Crippen molar-refractivity contribution in [1.82, 2.24) is 0 Å². The zero-order valence-electron chi connectivity index (χ0n) is 12.9. The number of amides is 1. The number of rotatable bonds is 2. The van der Waals surface area contributed by atoms with Crippen molar-refractivity contribution in [1.29, 1.82) is 0 Å². The maximum Gasteiger partial charge on any atom is 0.228 e. The van der Waals surface area contributed by atoms with Crippen LogP contribution < -0.4 is 11.1 Å². The third-order valence-corrected chi connectivity index (χ3v) is 4.84. The molecule has 1 fully saturated rings. The van der Waals surface area contributed by atoms with Crippen LogP contribution in [0, 0.1) is 34.4 Å². The molecule has 1 aliphatic carbocycles. The molecule has 4 heteroatoms. The van der Waals surface area contributed by atoms with Crippen LogP contribution in [0.1, 0.15) is 33.3 Å². The molecule has 0 heterocycles. The van der Waals surface area contributed by atoms with Crippen LogP contribution in [0.2, 0.25) is 0 Å². The van der Waals surface area contributed by atoms with Gasteiger partial charge in [0, 0.05) is 11.5 Å². The molecular formula is C17H21FN2O. The van der Waals surface area contributed by atoms with Crippen LogP contribution in [0.25, 0.3) is 0 Å². The second-order valence-corrected chi connectivity index (χ2v) is 6.57. The van der Waals surface area contributed by atoms with Crippen LogP contribution in [0.3, 0.4) is 0 Å². The van der Waals surface area contributed by atoms with E-state index in [2.05, 4.69) is 44.9 Å². The van der Waals surface area contributed by atoms with E-state index in [1.807, 2.05) is 0 Å². The molecule has 0 spiro atoms. The van der Waals surface area contributed by atoms with E-state index < -0.39 is 5.82 Å². The van der Waals surface area contributed by atoms with E-state index >= 15 is 0 Å². The van der Waals surface area contributed by atoms with Crippen molar-refractivity contribution in [2.24, 2.45) is 22.5 Å². The highest BCUT2D eigenvalue weighted by Gasteiger charge is 2.68. The Bertz CT molecular complexity index is 624. The lowest BCUT2D eigenvalue weighted by molar-refractivity contribution is -0.118. The molecule has 2 rings (SSSR count). The highest BCUT2D eigenvalue weighted by Crippen LogP contribution is 2.68. The van der Waals surface area contributed by atoms with Gasteiger partial charge in [0.05, 0.1) is 12.2 Å². The van der Waals surface area contributed by atoms with E-state index in [1.54, 1.807) is 6.07 Å². The third kappa shape index (κ3) is 2.66. The predicted octanol–water partition coefficient (Wildman–Crippen LogP) is 2.76. The van der Waals surface area contributed by atoms with Gasteiger partial charge in [0.1, 0.15) is 5.82 Å². The van der Waals surface area contributed by atoms with Crippen molar-refractivity contribution in [3.63, 3.8) is 0 Å². The molecule has 0 bridgehead atoms. The minimum absolute atomic E-state index is 0.0693. The zero-order valence-corrected chi connectivity index (χ0v) is 12.9. The quantitative estimate of drug-likeness (QED) is 0.822. The summed E-state index contributed by atoms with van der Waals surface area (Å²) in [7, 11) is 0. The predicted molar refractivity (Wildman–Crippen MR) is 82.0 cm³/mol. The lowest BCUT2D eigenvalue weighted by atomic mass is 10.0. The van der Waals surface area contributed by atoms with E-state index in [0.29, 0.717) is 5.56 Å². The minimum atomic E-state index is -0.483. The van der Waals surface area contributed by atoms with E-state index in [0.717, 1.165) is 0 Å². The maximum atomic E-state index is 14.0. The summed E-state index contributed by atoms with van der Waals surface area (Å²) in [5.41, 5.74) is 5.87. The number of benzene rings is 1. The minimum Gasteiger partial charge on any atom is -0.323 e. The number of nitrogens with one attached hydrogen (secondary N) is 1. The summed E-state index contributed by atoms with van der Waals surface area (Å²) in [4.78, 5) is 12.3. The Balaban J connectivity index is 2.13. The van der Waals surface area contributed by atoms with Crippen LogP contribution >= 0.6 is 0 Å². The summed E-state index contributed by atoms with van der Waals surface area (Å²) in [5.74, 6) is 4.70. The SMILES string of the molecule is CC1(C)C(C(=O)Nc2ccc(C#CCN)cc2F)C1(C)C. The number of carbonyl (C=O) groups excluding carboxylic acids is 1. The largest absolute Gasteiger partial charge is 0.323 e. The van der Waals surface area contributed by atoms with Gasteiger partial charge in [0.15, 0.2) is 0 Å².